The van der Waals surface area contributed by atoms with Gasteiger partial charge in [-0.25, -0.2) is 9.97 Å². The smallest absolute Gasteiger partial charge is 0.202 e. The van der Waals surface area contributed by atoms with Gasteiger partial charge >= 0.3 is 0 Å². The van der Waals surface area contributed by atoms with Gasteiger partial charge in [-0.2, -0.15) is 0 Å². The molecule has 0 fully saturated rings. The minimum absolute atomic E-state index is 0.685. The van der Waals surface area contributed by atoms with Crippen molar-refractivity contribution in [1.29, 1.82) is 0 Å². The summed E-state index contributed by atoms with van der Waals surface area (Å²) in [7, 11) is 3.70. The van der Waals surface area contributed by atoms with Gasteiger partial charge in [0.05, 0.1) is 6.61 Å². The number of anilines is 1. The van der Waals surface area contributed by atoms with Crippen molar-refractivity contribution in [1.82, 2.24) is 19.1 Å². The van der Waals surface area contributed by atoms with Gasteiger partial charge in [0.15, 0.2) is 0 Å². The molecule has 6 nitrogen and oxygen atoms in total. The highest BCUT2D eigenvalue weighted by molar-refractivity contribution is 5.25. The molecule has 0 radical (unpaired) electrons. The lowest BCUT2D eigenvalue weighted by Crippen LogP contribution is -2.13. The van der Waals surface area contributed by atoms with Crippen molar-refractivity contribution in [3.63, 3.8) is 0 Å². The van der Waals surface area contributed by atoms with Crippen LogP contribution in [0.15, 0.2) is 24.8 Å². The third-order valence-electron chi connectivity index (χ3n) is 2.80. The molecule has 0 aliphatic carbocycles. The number of nitrogens with one attached hydrogen (secondary N) is 1. The lowest BCUT2D eigenvalue weighted by molar-refractivity contribution is 0.187. The predicted molar refractivity (Wildman–Crippen MR) is 69.5 cm³/mol. The van der Waals surface area contributed by atoms with Gasteiger partial charge in [-0.1, -0.05) is 0 Å². The number of methoxy groups -OCH3 is 1. The number of ether oxygens (including phenoxy) is 1. The van der Waals surface area contributed by atoms with Crippen LogP contribution in [0.5, 0.6) is 0 Å². The maximum Gasteiger partial charge on any atom is 0.202 e. The fourth-order valence-electron chi connectivity index (χ4n) is 1.77. The predicted octanol–water partition coefficient (Wildman–Crippen LogP) is 0.918. The first kappa shape index (κ1) is 12.6. The molecule has 0 amide bonds. The second-order valence-corrected chi connectivity index (χ2v) is 4.07. The molecule has 18 heavy (non-hydrogen) atoms. The molecule has 0 aliphatic heterocycles. The van der Waals surface area contributed by atoms with E-state index in [1.165, 1.54) is 0 Å². The van der Waals surface area contributed by atoms with E-state index in [9.17, 15) is 0 Å². The van der Waals surface area contributed by atoms with Gasteiger partial charge in [0.1, 0.15) is 5.82 Å². The van der Waals surface area contributed by atoms with E-state index in [0.717, 1.165) is 31.3 Å². The van der Waals surface area contributed by atoms with E-state index in [2.05, 4.69) is 15.3 Å². The molecule has 2 heterocycles. The minimum atomic E-state index is 0.685. The molecule has 0 aliphatic rings. The summed E-state index contributed by atoms with van der Waals surface area (Å²) in [6, 6.07) is 0. The topological polar surface area (TPSA) is 56.9 Å². The van der Waals surface area contributed by atoms with Crippen LogP contribution in [0, 0.1) is 0 Å². The number of rotatable bonds is 7. The summed E-state index contributed by atoms with van der Waals surface area (Å²) in [6.07, 6.45) is 8.38. The zero-order valence-electron chi connectivity index (χ0n) is 10.8. The van der Waals surface area contributed by atoms with Crippen LogP contribution in [0.3, 0.4) is 0 Å². The van der Waals surface area contributed by atoms with E-state index in [1.54, 1.807) is 13.3 Å². The van der Waals surface area contributed by atoms with E-state index >= 15 is 0 Å². The third kappa shape index (κ3) is 3.10. The van der Waals surface area contributed by atoms with Crippen LogP contribution in [0.4, 0.5) is 5.95 Å². The number of nitrogens with zero attached hydrogens (tertiary/aromatic N) is 4. The van der Waals surface area contributed by atoms with Crippen molar-refractivity contribution in [2.45, 2.75) is 13.0 Å². The standard InChI is InChI=1S/C12H19N5O/c1-16-7-5-13-11(16)3-4-14-12-15-6-8-17(12)9-10-18-2/h5-8H,3-4,9-10H2,1-2H3,(H,14,15). The SMILES string of the molecule is COCCn1ccnc1NCCc1nccn1C. The molecular weight excluding hydrogens is 230 g/mol. The fourth-order valence-corrected chi connectivity index (χ4v) is 1.77. The van der Waals surface area contributed by atoms with Crippen LogP contribution >= 0.6 is 0 Å². The number of hydrogen-bond donors (Lipinski definition) is 1. The fraction of sp³-hybridized carbons (Fsp3) is 0.500. The van der Waals surface area contributed by atoms with Gasteiger partial charge in [0, 0.05) is 58.5 Å². The molecule has 2 aromatic rings. The maximum absolute atomic E-state index is 5.06. The Morgan fingerprint density at radius 2 is 2.11 bits per heavy atom. The zero-order chi connectivity index (χ0) is 12.8. The molecule has 6 heteroatoms. The number of aryl methyl sites for hydroxylation is 1. The van der Waals surface area contributed by atoms with E-state index in [4.69, 9.17) is 4.74 Å². The normalized spacial score (nSPS) is 10.8. The minimum Gasteiger partial charge on any atom is -0.383 e. The monoisotopic (exact) mass is 249 g/mol. The van der Waals surface area contributed by atoms with Crippen molar-refractivity contribution in [3.8, 4) is 0 Å². The Bertz CT molecular complexity index is 476. The average Bonchev–Trinajstić information content (AvgIpc) is 2.97. The largest absolute Gasteiger partial charge is 0.383 e. The molecule has 98 valence electrons. The lowest BCUT2D eigenvalue weighted by Gasteiger charge is -2.09. The first-order valence-corrected chi connectivity index (χ1v) is 6.01. The Balaban J connectivity index is 1.83. The third-order valence-corrected chi connectivity index (χ3v) is 2.80. The highest BCUT2D eigenvalue weighted by Crippen LogP contribution is 2.04. The molecule has 0 atom stereocenters. The van der Waals surface area contributed by atoms with Crippen LogP contribution in [0.1, 0.15) is 5.82 Å². The molecule has 0 saturated heterocycles. The molecule has 1 N–H and O–H groups in total. The van der Waals surface area contributed by atoms with Gasteiger partial charge in [-0.15, -0.1) is 0 Å². The van der Waals surface area contributed by atoms with Crippen molar-refractivity contribution < 1.29 is 4.74 Å². The van der Waals surface area contributed by atoms with Gasteiger partial charge in [-0.05, 0) is 0 Å². The van der Waals surface area contributed by atoms with Crippen molar-refractivity contribution >= 4 is 5.95 Å². The molecule has 2 rings (SSSR count). The van der Waals surface area contributed by atoms with E-state index < -0.39 is 0 Å². The highest BCUT2D eigenvalue weighted by Gasteiger charge is 2.03. The molecule has 0 spiro atoms. The first-order chi connectivity index (χ1) is 8.81. The van der Waals surface area contributed by atoms with Crippen molar-refractivity contribution in [3.05, 3.63) is 30.6 Å². The molecule has 0 unspecified atom stereocenters. The van der Waals surface area contributed by atoms with Crippen LogP contribution in [0.2, 0.25) is 0 Å². The first-order valence-electron chi connectivity index (χ1n) is 6.01. The van der Waals surface area contributed by atoms with Crippen LogP contribution in [-0.4, -0.2) is 39.4 Å². The van der Waals surface area contributed by atoms with Crippen molar-refractivity contribution in [2.75, 3.05) is 25.6 Å². The molecular formula is C12H19N5O. The van der Waals surface area contributed by atoms with Crippen molar-refractivity contribution in [2.24, 2.45) is 7.05 Å². The van der Waals surface area contributed by atoms with E-state index in [-0.39, 0.29) is 0 Å². The second kappa shape index (κ2) is 6.20. The highest BCUT2D eigenvalue weighted by atomic mass is 16.5. The summed E-state index contributed by atoms with van der Waals surface area (Å²) in [6.45, 7) is 2.31. The second-order valence-electron chi connectivity index (χ2n) is 4.07. The van der Waals surface area contributed by atoms with E-state index in [1.807, 2.05) is 34.8 Å². The number of aromatic nitrogens is 4. The molecule has 2 aromatic heterocycles. The average molecular weight is 249 g/mol. The van der Waals surface area contributed by atoms with Gasteiger partial charge in [-0.3, -0.25) is 0 Å². The quantitative estimate of drug-likeness (QED) is 0.792. The molecule has 0 saturated carbocycles. The Kier molecular flexibility index (Phi) is 4.35. The summed E-state index contributed by atoms with van der Waals surface area (Å²) < 4.78 is 9.13. The maximum atomic E-state index is 5.06. The summed E-state index contributed by atoms with van der Waals surface area (Å²) in [5.74, 6) is 1.94. The van der Waals surface area contributed by atoms with Crippen LogP contribution < -0.4 is 5.32 Å². The van der Waals surface area contributed by atoms with Gasteiger partial charge < -0.3 is 19.2 Å². The Morgan fingerprint density at radius 3 is 2.83 bits per heavy atom. The summed E-state index contributed by atoms with van der Waals surface area (Å²) >= 11 is 0. The summed E-state index contributed by atoms with van der Waals surface area (Å²) in [4.78, 5) is 8.56. The summed E-state index contributed by atoms with van der Waals surface area (Å²) in [5, 5.41) is 3.31. The Morgan fingerprint density at radius 1 is 1.28 bits per heavy atom. The number of imidazole rings is 2. The molecule has 0 aromatic carbocycles. The van der Waals surface area contributed by atoms with E-state index in [0.29, 0.717) is 6.61 Å². The Labute approximate surface area is 107 Å². The Hall–Kier alpha value is -1.82. The zero-order valence-corrected chi connectivity index (χ0v) is 10.8. The summed E-state index contributed by atoms with van der Waals surface area (Å²) in [5.41, 5.74) is 0. The van der Waals surface area contributed by atoms with Gasteiger partial charge in [0.25, 0.3) is 0 Å². The number of hydrogen-bond acceptors (Lipinski definition) is 4. The molecule has 0 bridgehead atoms. The van der Waals surface area contributed by atoms with Crippen LogP contribution in [0.25, 0.3) is 0 Å². The lowest BCUT2D eigenvalue weighted by atomic mass is 10.4. The van der Waals surface area contributed by atoms with Gasteiger partial charge in [0.2, 0.25) is 5.95 Å². The van der Waals surface area contributed by atoms with Crippen LogP contribution in [-0.2, 0) is 24.8 Å².